The van der Waals surface area contributed by atoms with Crippen molar-refractivity contribution in [2.75, 3.05) is 24.5 Å². The summed E-state index contributed by atoms with van der Waals surface area (Å²) >= 11 is 0. The van der Waals surface area contributed by atoms with Crippen molar-refractivity contribution in [3.63, 3.8) is 0 Å². The van der Waals surface area contributed by atoms with E-state index in [9.17, 15) is 4.79 Å². The van der Waals surface area contributed by atoms with Crippen LogP contribution in [0.5, 0.6) is 0 Å². The first-order valence-electron chi connectivity index (χ1n) is 7.62. The molecule has 0 spiro atoms. The number of nitrogens with zero attached hydrogens (tertiary/aromatic N) is 3. The Kier molecular flexibility index (Phi) is 3.40. The molecule has 1 amide bonds. The van der Waals surface area contributed by atoms with E-state index in [1.807, 2.05) is 17.0 Å². The van der Waals surface area contributed by atoms with Crippen LogP contribution < -0.4 is 4.90 Å². The normalized spacial score (nSPS) is 23.9. The minimum absolute atomic E-state index is 0.142. The highest BCUT2D eigenvalue weighted by Gasteiger charge is 2.46. The van der Waals surface area contributed by atoms with E-state index >= 15 is 0 Å². The van der Waals surface area contributed by atoms with Gasteiger partial charge < -0.3 is 9.80 Å². The number of piperidine rings is 1. The Labute approximate surface area is 120 Å². The van der Waals surface area contributed by atoms with Gasteiger partial charge in [0.25, 0.3) is 5.91 Å². The van der Waals surface area contributed by atoms with E-state index in [2.05, 4.69) is 30.7 Å². The van der Waals surface area contributed by atoms with Crippen LogP contribution in [0.15, 0.2) is 18.3 Å². The molecule has 2 aliphatic rings. The van der Waals surface area contributed by atoms with Crippen LogP contribution in [-0.2, 0) is 0 Å². The molecule has 2 atom stereocenters. The molecule has 2 fully saturated rings. The lowest BCUT2D eigenvalue weighted by Gasteiger charge is -2.26. The molecule has 0 N–H and O–H groups in total. The molecule has 1 aromatic heterocycles. The number of pyridine rings is 1. The van der Waals surface area contributed by atoms with Gasteiger partial charge in [-0.15, -0.1) is 0 Å². The first-order chi connectivity index (χ1) is 9.60. The molecule has 1 aromatic rings. The van der Waals surface area contributed by atoms with Gasteiger partial charge in [0.2, 0.25) is 0 Å². The molecule has 1 aliphatic carbocycles. The first-order valence-corrected chi connectivity index (χ1v) is 7.62. The monoisotopic (exact) mass is 273 g/mol. The van der Waals surface area contributed by atoms with Crippen LogP contribution in [0.25, 0.3) is 0 Å². The number of likely N-dealkylation sites (tertiary alicyclic amines) is 1. The molecule has 4 heteroatoms. The van der Waals surface area contributed by atoms with Crippen molar-refractivity contribution in [2.45, 2.75) is 33.2 Å². The van der Waals surface area contributed by atoms with Crippen molar-refractivity contribution in [1.82, 2.24) is 9.88 Å². The SMILES string of the molecule is CCN(c1ccc(C(=O)N2CC3CC3C2)cn1)C(C)C. The molecule has 1 aliphatic heterocycles. The van der Waals surface area contributed by atoms with Crippen LogP contribution in [0.2, 0.25) is 0 Å². The lowest BCUT2D eigenvalue weighted by Crippen LogP contribution is -2.32. The van der Waals surface area contributed by atoms with Crippen molar-refractivity contribution in [3.05, 3.63) is 23.9 Å². The van der Waals surface area contributed by atoms with E-state index in [0.29, 0.717) is 6.04 Å². The van der Waals surface area contributed by atoms with Crippen molar-refractivity contribution in [3.8, 4) is 0 Å². The summed E-state index contributed by atoms with van der Waals surface area (Å²) in [6.45, 7) is 9.24. The number of carbonyl (C=O) groups excluding carboxylic acids is 1. The zero-order valence-electron chi connectivity index (χ0n) is 12.5. The van der Waals surface area contributed by atoms with Crippen molar-refractivity contribution in [1.29, 1.82) is 0 Å². The van der Waals surface area contributed by atoms with Gasteiger partial charge in [-0.1, -0.05) is 0 Å². The molecule has 1 saturated heterocycles. The van der Waals surface area contributed by atoms with Gasteiger partial charge in [0.15, 0.2) is 0 Å². The molecule has 0 aromatic carbocycles. The van der Waals surface area contributed by atoms with Gasteiger partial charge in [-0.2, -0.15) is 0 Å². The summed E-state index contributed by atoms with van der Waals surface area (Å²) in [7, 11) is 0. The molecule has 2 heterocycles. The summed E-state index contributed by atoms with van der Waals surface area (Å²) in [6, 6.07) is 4.30. The van der Waals surface area contributed by atoms with Crippen LogP contribution in [-0.4, -0.2) is 41.5 Å². The molecule has 1 saturated carbocycles. The lowest BCUT2D eigenvalue weighted by molar-refractivity contribution is 0.0775. The second-order valence-corrected chi connectivity index (χ2v) is 6.25. The number of anilines is 1. The maximum Gasteiger partial charge on any atom is 0.255 e. The van der Waals surface area contributed by atoms with Gasteiger partial charge in [-0.3, -0.25) is 4.79 Å². The zero-order chi connectivity index (χ0) is 14.3. The number of hydrogen-bond acceptors (Lipinski definition) is 3. The molecule has 3 rings (SSSR count). The minimum atomic E-state index is 0.142. The molecular formula is C16H23N3O. The standard InChI is InChI=1S/C16H23N3O/c1-4-19(11(2)3)15-6-5-12(8-17-15)16(20)18-9-13-7-14(13)10-18/h5-6,8,11,13-14H,4,7,9-10H2,1-3H3. The largest absolute Gasteiger partial charge is 0.354 e. The van der Waals surface area contributed by atoms with Crippen LogP contribution in [0.4, 0.5) is 5.82 Å². The van der Waals surface area contributed by atoms with Crippen LogP contribution in [0.1, 0.15) is 37.6 Å². The first kappa shape index (κ1) is 13.4. The van der Waals surface area contributed by atoms with Gasteiger partial charge in [-0.25, -0.2) is 4.98 Å². The fourth-order valence-electron chi connectivity index (χ4n) is 3.22. The Hall–Kier alpha value is -1.58. The van der Waals surface area contributed by atoms with E-state index in [1.54, 1.807) is 6.20 Å². The van der Waals surface area contributed by atoms with Crippen LogP contribution in [0, 0.1) is 11.8 Å². The van der Waals surface area contributed by atoms with Gasteiger partial charge in [0.1, 0.15) is 5.82 Å². The summed E-state index contributed by atoms with van der Waals surface area (Å²) < 4.78 is 0. The van der Waals surface area contributed by atoms with Gasteiger partial charge in [-0.05, 0) is 51.2 Å². The summed E-state index contributed by atoms with van der Waals surface area (Å²) in [4.78, 5) is 21.0. The number of hydrogen-bond donors (Lipinski definition) is 0. The Balaban J connectivity index is 1.70. The maximum absolute atomic E-state index is 12.4. The number of aromatic nitrogens is 1. The lowest BCUT2D eigenvalue weighted by atomic mass is 10.2. The fourth-order valence-corrected chi connectivity index (χ4v) is 3.22. The molecule has 4 nitrogen and oxygen atoms in total. The summed E-state index contributed by atoms with van der Waals surface area (Å²) in [5.74, 6) is 2.65. The van der Waals surface area contributed by atoms with E-state index < -0.39 is 0 Å². The molecular weight excluding hydrogens is 250 g/mol. The van der Waals surface area contributed by atoms with Crippen molar-refractivity contribution < 1.29 is 4.79 Å². The summed E-state index contributed by atoms with van der Waals surface area (Å²) in [6.07, 6.45) is 3.05. The Bertz CT molecular complexity index is 487. The molecule has 108 valence electrons. The third-order valence-electron chi connectivity index (χ3n) is 4.52. The third-order valence-corrected chi connectivity index (χ3v) is 4.52. The van der Waals surface area contributed by atoms with Gasteiger partial charge >= 0.3 is 0 Å². The van der Waals surface area contributed by atoms with Crippen LogP contribution in [0.3, 0.4) is 0 Å². The Morgan fingerprint density at radius 2 is 2.10 bits per heavy atom. The maximum atomic E-state index is 12.4. The predicted octanol–water partition coefficient (Wildman–Crippen LogP) is 2.41. The smallest absolute Gasteiger partial charge is 0.255 e. The zero-order valence-corrected chi connectivity index (χ0v) is 12.5. The Morgan fingerprint density at radius 1 is 1.40 bits per heavy atom. The third kappa shape index (κ3) is 2.39. The quantitative estimate of drug-likeness (QED) is 0.845. The number of amides is 1. The number of rotatable bonds is 4. The van der Waals surface area contributed by atoms with E-state index in [1.165, 1.54) is 6.42 Å². The van der Waals surface area contributed by atoms with E-state index in [-0.39, 0.29) is 5.91 Å². The molecule has 0 radical (unpaired) electrons. The van der Waals surface area contributed by atoms with Gasteiger partial charge in [0.05, 0.1) is 5.56 Å². The van der Waals surface area contributed by atoms with Gasteiger partial charge in [0, 0.05) is 31.9 Å². The molecule has 20 heavy (non-hydrogen) atoms. The second kappa shape index (κ2) is 5.08. The topological polar surface area (TPSA) is 36.4 Å². The second-order valence-electron chi connectivity index (χ2n) is 6.25. The Morgan fingerprint density at radius 3 is 2.60 bits per heavy atom. The molecule has 2 unspecified atom stereocenters. The van der Waals surface area contributed by atoms with Crippen molar-refractivity contribution in [2.24, 2.45) is 11.8 Å². The molecule has 0 bridgehead atoms. The highest BCUT2D eigenvalue weighted by atomic mass is 16.2. The summed E-state index contributed by atoms with van der Waals surface area (Å²) in [5.41, 5.74) is 0.717. The number of carbonyl (C=O) groups is 1. The number of fused-ring (bicyclic) bond motifs is 1. The van der Waals surface area contributed by atoms with E-state index in [4.69, 9.17) is 0 Å². The van der Waals surface area contributed by atoms with Crippen LogP contribution >= 0.6 is 0 Å². The average molecular weight is 273 g/mol. The predicted molar refractivity (Wildman–Crippen MR) is 79.9 cm³/mol. The van der Waals surface area contributed by atoms with Crippen molar-refractivity contribution >= 4 is 11.7 Å². The highest BCUT2D eigenvalue weighted by Crippen LogP contribution is 2.45. The average Bonchev–Trinajstić information content (AvgIpc) is 3.05. The minimum Gasteiger partial charge on any atom is -0.354 e. The summed E-state index contributed by atoms with van der Waals surface area (Å²) in [5, 5.41) is 0. The fraction of sp³-hybridized carbons (Fsp3) is 0.625. The van der Waals surface area contributed by atoms with E-state index in [0.717, 1.165) is 42.9 Å². The highest BCUT2D eigenvalue weighted by molar-refractivity contribution is 5.94.